The molecule has 0 fully saturated rings. The van der Waals surface area contributed by atoms with E-state index in [9.17, 15) is 13.2 Å². The van der Waals surface area contributed by atoms with E-state index >= 15 is 0 Å². The van der Waals surface area contributed by atoms with Crippen LogP contribution in [0.5, 0.6) is 11.5 Å². The van der Waals surface area contributed by atoms with Crippen molar-refractivity contribution in [1.29, 1.82) is 0 Å². The molecule has 0 aliphatic rings. The Morgan fingerprint density at radius 1 is 1.12 bits per heavy atom. The van der Waals surface area contributed by atoms with Crippen LogP contribution in [0, 0.1) is 5.92 Å². The first-order valence-electron chi connectivity index (χ1n) is 8.30. The highest BCUT2D eigenvalue weighted by Gasteiger charge is 2.30. The minimum Gasteiger partial charge on any atom is -0.490 e. The first-order valence-corrected chi connectivity index (χ1v) is 9.78. The summed E-state index contributed by atoms with van der Waals surface area (Å²) in [6.45, 7) is 8.09. The largest absolute Gasteiger partial charge is 0.490 e. The van der Waals surface area contributed by atoms with Gasteiger partial charge in [0, 0.05) is 6.07 Å². The molecule has 25 heavy (non-hydrogen) atoms. The lowest BCUT2D eigenvalue weighted by atomic mass is 10.0. The van der Waals surface area contributed by atoms with Gasteiger partial charge in [-0.2, -0.15) is 4.72 Å². The molecular formula is C17H27NO6S. The predicted octanol–water partition coefficient (Wildman–Crippen LogP) is 2.35. The van der Waals surface area contributed by atoms with Gasteiger partial charge >= 0.3 is 5.97 Å². The van der Waals surface area contributed by atoms with E-state index in [-0.39, 0.29) is 10.8 Å². The molecule has 0 aliphatic carbocycles. The number of benzene rings is 1. The van der Waals surface area contributed by atoms with Gasteiger partial charge in [-0.05, 0) is 31.9 Å². The number of hydrogen-bond donors (Lipinski definition) is 1. The fourth-order valence-corrected chi connectivity index (χ4v) is 3.50. The molecule has 142 valence electrons. The Morgan fingerprint density at radius 2 is 1.72 bits per heavy atom. The summed E-state index contributed by atoms with van der Waals surface area (Å²) in [6, 6.07) is 3.39. The van der Waals surface area contributed by atoms with E-state index in [2.05, 4.69) is 4.72 Å². The Bertz CT molecular complexity index is 674. The van der Waals surface area contributed by atoms with Crippen LogP contribution < -0.4 is 14.2 Å². The Morgan fingerprint density at radius 3 is 2.24 bits per heavy atom. The molecule has 0 amide bonds. The molecule has 1 rings (SSSR count). The minimum atomic E-state index is -3.93. The number of nitrogens with one attached hydrogen (secondary N) is 1. The normalized spacial score (nSPS) is 13.8. The van der Waals surface area contributed by atoms with Crippen molar-refractivity contribution in [3.05, 3.63) is 18.2 Å². The molecule has 0 saturated carbocycles. The molecule has 0 saturated heterocycles. The van der Waals surface area contributed by atoms with Crippen LogP contribution in [0.15, 0.2) is 23.1 Å². The van der Waals surface area contributed by atoms with E-state index in [1.165, 1.54) is 19.2 Å². The van der Waals surface area contributed by atoms with Crippen molar-refractivity contribution in [3.63, 3.8) is 0 Å². The molecule has 0 bridgehead atoms. The van der Waals surface area contributed by atoms with Crippen molar-refractivity contribution < 1.29 is 27.4 Å². The van der Waals surface area contributed by atoms with Gasteiger partial charge in [0.15, 0.2) is 11.5 Å². The summed E-state index contributed by atoms with van der Waals surface area (Å²) in [5.74, 6) is -0.0229. The number of ether oxygens (including phenoxy) is 3. The van der Waals surface area contributed by atoms with Gasteiger partial charge in [0.1, 0.15) is 6.04 Å². The second-order valence-corrected chi connectivity index (χ2v) is 7.20. The maximum atomic E-state index is 12.7. The van der Waals surface area contributed by atoms with Gasteiger partial charge in [-0.25, -0.2) is 8.42 Å². The van der Waals surface area contributed by atoms with Crippen LogP contribution in [-0.4, -0.2) is 40.8 Å². The first-order chi connectivity index (χ1) is 11.8. The van der Waals surface area contributed by atoms with Crippen molar-refractivity contribution in [2.75, 3.05) is 20.3 Å². The molecule has 1 aromatic carbocycles. The highest BCUT2D eigenvalue weighted by atomic mass is 32.2. The van der Waals surface area contributed by atoms with Gasteiger partial charge in [0.2, 0.25) is 10.0 Å². The lowest BCUT2D eigenvalue weighted by molar-refractivity contribution is -0.143. The second kappa shape index (κ2) is 9.62. The summed E-state index contributed by atoms with van der Waals surface area (Å²) in [4.78, 5) is 11.9. The molecule has 8 heteroatoms. The lowest BCUT2D eigenvalue weighted by Crippen LogP contribution is -2.45. The quantitative estimate of drug-likeness (QED) is 0.633. The molecular weight excluding hydrogens is 346 g/mol. The van der Waals surface area contributed by atoms with Crippen molar-refractivity contribution >= 4 is 16.0 Å². The predicted molar refractivity (Wildman–Crippen MR) is 94.4 cm³/mol. The Balaban J connectivity index is 3.19. The first kappa shape index (κ1) is 21.2. The van der Waals surface area contributed by atoms with E-state index < -0.39 is 22.0 Å². The average molecular weight is 373 g/mol. The summed E-state index contributed by atoms with van der Waals surface area (Å²) >= 11 is 0. The summed E-state index contributed by atoms with van der Waals surface area (Å²) in [6.07, 6.45) is 0.621. The Hall–Kier alpha value is -1.80. The molecule has 1 aromatic rings. The number of hydrogen-bond acceptors (Lipinski definition) is 6. The van der Waals surface area contributed by atoms with E-state index in [4.69, 9.17) is 14.2 Å². The van der Waals surface area contributed by atoms with Crippen LogP contribution in [0.2, 0.25) is 0 Å². The van der Waals surface area contributed by atoms with Crippen LogP contribution in [0.3, 0.4) is 0 Å². The van der Waals surface area contributed by atoms with E-state index in [1.54, 1.807) is 19.9 Å². The SMILES string of the molecule is CCOc1ccc(S(=O)(=O)NC(C(=O)OC)C(C)CC)cc1OCC. The molecule has 0 radical (unpaired) electrons. The van der Waals surface area contributed by atoms with Crippen molar-refractivity contribution in [2.24, 2.45) is 5.92 Å². The zero-order valence-corrected chi connectivity index (χ0v) is 16.2. The van der Waals surface area contributed by atoms with E-state index in [1.807, 2.05) is 13.8 Å². The number of carbonyl (C=O) groups is 1. The zero-order valence-electron chi connectivity index (χ0n) is 15.4. The van der Waals surface area contributed by atoms with Gasteiger partial charge in [0.25, 0.3) is 0 Å². The van der Waals surface area contributed by atoms with Crippen LogP contribution in [-0.2, 0) is 19.6 Å². The molecule has 7 nitrogen and oxygen atoms in total. The Labute approximate surface area is 149 Å². The third-order valence-electron chi connectivity index (χ3n) is 3.78. The molecule has 1 N–H and O–H groups in total. The molecule has 0 aliphatic heterocycles. The number of rotatable bonds is 10. The topological polar surface area (TPSA) is 90.9 Å². The fourth-order valence-electron chi connectivity index (χ4n) is 2.19. The smallest absolute Gasteiger partial charge is 0.324 e. The molecule has 2 unspecified atom stereocenters. The molecule has 0 spiro atoms. The monoisotopic (exact) mass is 373 g/mol. The zero-order chi connectivity index (χ0) is 19.0. The van der Waals surface area contributed by atoms with Gasteiger partial charge in [-0.1, -0.05) is 20.3 Å². The second-order valence-electron chi connectivity index (χ2n) is 5.48. The van der Waals surface area contributed by atoms with E-state index in [0.29, 0.717) is 31.1 Å². The summed E-state index contributed by atoms with van der Waals surface area (Å²) < 4.78 is 43.4. The highest BCUT2D eigenvalue weighted by Crippen LogP contribution is 2.30. The van der Waals surface area contributed by atoms with Crippen molar-refractivity contribution in [2.45, 2.75) is 45.1 Å². The van der Waals surface area contributed by atoms with Crippen LogP contribution in [0.25, 0.3) is 0 Å². The Kier molecular flexibility index (Phi) is 8.18. The van der Waals surface area contributed by atoms with Crippen LogP contribution in [0.1, 0.15) is 34.1 Å². The van der Waals surface area contributed by atoms with Gasteiger partial charge < -0.3 is 14.2 Å². The third kappa shape index (κ3) is 5.61. The number of methoxy groups -OCH3 is 1. The van der Waals surface area contributed by atoms with Gasteiger partial charge in [-0.15, -0.1) is 0 Å². The minimum absolute atomic E-state index is 0.00314. The molecule has 2 atom stereocenters. The summed E-state index contributed by atoms with van der Waals surface area (Å²) in [5.41, 5.74) is 0. The van der Waals surface area contributed by atoms with Crippen molar-refractivity contribution in [1.82, 2.24) is 4.72 Å². The van der Waals surface area contributed by atoms with Crippen LogP contribution in [0.4, 0.5) is 0 Å². The van der Waals surface area contributed by atoms with Gasteiger partial charge in [-0.3, -0.25) is 4.79 Å². The molecule has 0 heterocycles. The highest BCUT2D eigenvalue weighted by molar-refractivity contribution is 7.89. The van der Waals surface area contributed by atoms with Gasteiger partial charge in [0.05, 0.1) is 25.2 Å². The van der Waals surface area contributed by atoms with E-state index in [0.717, 1.165) is 0 Å². The fraction of sp³-hybridized carbons (Fsp3) is 0.588. The standard InChI is InChI=1S/C17H27NO6S/c1-6-12(4)16(17(19)22-5)18-25(20,21)13-9-10-14(23-7-2)15(11-13)24-8-3/h9-12,16,18H,6-8H2,1-5H3. The number of esters is 1. The maximum absolute atomic E-state index is 12.7. The lowest BCUT2D eigenvalue weighted by Gasteiger charge is -2.22. The molecule has 0 aromatic heterocycles. The number of sulfonamides is 1. The summed E-state index contributed by atoms with van der Waals surface area (Å²) in [7, 11) is -2.70. The third-order valence-corrected chi connectivity index (χ3v) is 5.21. The van der Waals surface area contributed by atoms with Crippen molar-refractivity contribution in [3.8, 4) is 11.5 Å². The van der Waals surface area contributed by atoms with Crippen LogP contribution >= 0.6 is 0 Å². The number of carbonyl (C=O) groups excluding carboxylic acids is 1. The maximum Gasteiger partial charge on any atom is 0.324 e. The summed E-state index contributed by atoms with van der Waals surface area (Å²) in [5, 5.41) is 0. The average Bonchev–Trinajstić information content (AvgIpc) is 2.60.